The molecule has 4 heteroatoms. The van der Waals surface area contributed by atoms with Crippen LogP contribution in [0, 0.1) is 5.92 Å². The molecule has 0 aromatic rings. The highest BCUT2D eigenvalue weighted by molar-refractivity contribution is 5.72. The average Bonchev–Trinajstić information content (AvgIpc) is 2.28. The first kappa shape index (κ1) is 9.48. The van der Waals surface area contributed by atoms with Crippen molar-refractivity contribution in [3.63, 3.8) is 0 Å². The van der Waals surface area contributed by atoms with Crippen molar-refractivity contribution in [3.05, 3.63) is 0 Å². The van der Waals surface area contributed by atoms with Gasteiger partial charge < -0.3 is 15.3 Å². The van der Waals surface area contributed by atoms with E-state index < -0.39 is 5.97 Å². The standard InChI is InChI=1S/C8H16N2O2/c1-5-7(8(11)12)6(9-2)4-10(5)3/h5-7,9H,4H2,1-3H3,(H,11,12). The van der Waals surface area contributed by atoms with Gasteiger partial charge in [0.2, 0.25) is 0 Å². The Balaban J connectivity index is 2.73. The second-order valence-electron chi connectivity index (χ2n) is 3.44. The Kier molecular flexibility index (Phi) is 2.69. The third-order valence-electron chi connectivity index (χ3n) is 2.79. The second-order valence-corrected chi connectivity index (χ2v) is 3.44. The van der Waals surface area contributed by atoms with Gasteiger partial charge in [0, 0.05) is 18.6 Å². The molecule has 0 saturated carbocycles. The van der Waals surface area contributed by atoms with Crippen LogP contribution in [0.25, 0.3) is 0 Å². The van der Waals surface area contributed by atoms with Crippen molar-refractivity contribution in [3.8, 4) is 0 Å². The fourth-order valence-corrected chi connectivity index (χ4v) is 1.85. The molecule has 1 fully saturated rings. The van der Waals surface area contributed by atoms with Crippen molar-refractivity contribution < 1.29 is 9.90 Å². The molecule has 1 rings (SSSR count). The molecule has 0 aromatic carbocycles. The molecule has 0 bridgehead atoms. The highest BCUT2D eigenvalue weighted by Gasteiger charge is 2.40. The van der Waals surface area contributed by atoms with E-state index in [9.17, 15) is 4.79 Å². The Morgan fingerprint density at radius 1 is 1.67 bits per heavy atom. The molecule has 70 valence electrons. The molecule has 3 atom stereocenters. The molecule has 1 heterocycles. The van der Waals surface area contributed by atoms with Gasteiger partial charge in [0.25, 0.3) is 0 Å². The number of likely N-dealkylation sites (N-methyl/N-ethyl adjacent to an activating group) is 2. The van der Waals surface area contributed by atoms with Crippen LogP contribution in [0.2, 0.25) is 0 Å². The third-order valence-corrected chi connectivity index (χ3v) is 2.79. The zero-order chi connectivity index (χ0) is 9.30. The minimum atomic E-state index is -0.703. The van der Waals surface area contributed by atoms with Crippen LogP contribution in [-0.4, -0.2) is 48.7 Å². The molecule has 1 aliphatic rings. The van der Waals surface area contributed by atoms with Crippen molar-refractivity contribution in [1.82, 2.24) is 10.2 Å². The van der Waals surface area contributed by atoms with E-state index in [1.807, 2.05) is 21.0 Å². The number of hydrogen-bond acceptors (Lipinski definition) is 3. The summed E-state index contributed by atoms with van der Waals surface area (Å²) in [6.45, 7) is 2.77. The Morgan fingerprint density at radius 2 is 2.25 bits per heavy atom. The third kappa shape index (κ3) is 1.44. The summed E-state index contributed by atoms with van der Waals surface area (Å²) in [6.07, 6.45) is 0. The first-order valence-electron chi connectivity index (χ1n) is 4.18. The zero-order valence-electron chi connectivity index (χ0n) is 7.74. The maximum Gasteiger partial charge on any atom is 0.309 e. The number of carboxylic acid groups (broad SMARTS) is 1. The van der Waals surface area contributed by atoms with Gasteiger partial charge in [-0.15, -0.1) is 0 Å². The molecule has 12 heavy (non-hydrogen) atoms. The molecule has 1 saturated heterocycles. The Morgan fingerprint density at radius 3 is 2.58 bits per heavy atom. The van der Waals surface area contributed by atoms with Gasteiger partial charge in [-0.25, -0.2) is 0 Å². The van der Waals surface area contributed by atoms with Crippen molar-refractivity contribution in [2.24, 2.45) is 5.92 Å². The number of likely N-dealkylation sites (tertiary alicyclic amines) is 1. The Hall–Kier alpha value is -0.610. The summed E-state index contributed by atoms with van der Waals surface area (Å²) >= 11 is 0. The lowest BCUT2D eigenvalue weighted by Crippen LogP contribution is -2.39. The van der Waals surface area contributed by atoms with Crippen LogP contribution in [-0.2, 0) is 4.79 Å². The molecule has 1 aliphatic heterocycles. The van der Waals surface area contributed by atoms with E-state index in [2.05, 4.69) is 10.2 Å². The fraction of sp³-hybridized carbons (Fsp3) is 0.875. The monoisotopic (exact) mass is 172 g/mol. The number of nitrogens with one attached hydrogen (secondary N) is 1. The van der Waals surface area contributed by atoms with Crippen LogP contribution in [0.3, 0.4) is 0 Å². The van der Waals surface area contributed by atoms with Gasteiger partial charge >= 0.3 is 5.97 Å². The lowest BCUT2D eigenvalue weighted by molar-refractivity contribution is -0.142. The van der Waals surface area contributed by atoms with Crippen LogP contribution < -0.4 is 5.32 Å². The Bertz CT molecular complexity index is 184. The molecule has 0 aromatic heterocycles. The summed E-state index contributed by atoms with van der Waals surface area (Å²) in [4.78, 5) is 12.9. The van der Waals surface area contributed by atoms with E-state index >= 15 is 0 Å². The van der Waals surface area contributed by atoms with Crippen LogP contribution in [0.5, 0.6) is 0 Å². The van der Waals surface area contributed by atoms with Gasteiger partial charge in [-0.2, -0.15) is 0 Å². The maximum absolute atomic E-state index is 10.9. The molecule has 0 amide bonds. The largest absolute Gasteiger partial charge is 0.481 e. The maximum atomic E-state index is 10.9. The molecule has 2 N–H and O–H groups in total. The van der Waals surface area contributed by atoms with E-state index in [0.717, 1.165) is 6.54 Å². The molecule has 0 radical (unpaired) electrons. The summed E-state index contributed by atoms with van der Waals surface area (Å²) in [5, 5.41) is 12.0. The average molecular weight is 172 g/mol. The summed E-state index contributed by atoms with van der Waals surface area (Å²) in [5.74, 6) is -0.980. The number of rotatable bonds is 2. The van der Waals surface area contributed by atoms with Crippen molar-refractivity contribution in [1.29, 1.82) is 0 Å². The molecular weight excluding hydrogens is 156 g/mol. The van der Waals surface area contributed by atoms with Crippen molar-refractivity contribution in [2.75, 3.05) is 20.6 Å². The predicted octanol–water partition coefficient (Wildman–Crippen LogP) is -0.391. The highest BCUT2D eigenvalue weighted by Crippen LogP contribution is 2.22. The van der Waals surface area contributed by atoms with E-state index in [-0.39, 0.29) is 18.0 Å². The van der Waals surface area contributed by atoms with Crippen molar-refractivity contribution in [2.45, 2.75) is 19.0 Å². The minimum absolute atomic E-state index is 0.0856. The lowest BCUT2D eigenvalue weighted by atomic mass is 9.98. The van der Waals surface area contributed by atoms with Gasteiger partial charge in [0.15, 0.2) is 0 Å². The first-order valence-corrected chi connectivity index (χ1v) is 4.18. The number of carboxylic acids is 1. The van der Waals surface area contributed by atoms with Crippen LogP contribution in [0.4, 0.5) is 0 Å². The topological polar surface area (TPSA) is 52.6 Å². The normalized spacial score (nSPS) is 37.1. The van der Waals surface area contributed by atoms with Gasteiger partial charge in [0.05, 0.1) is 5.92 Å². The summed E-state index contributed by atoms with van der Waals surface area (Å²) in [7, 11) is 3.77. The van der Waals surface area contributed by atoms with Crippen LogP contribution in [0.15, 0.2) is 0 Å². The fourth-order valence-electron chi connectivity index (χ4n) is 1.85. The molecule has 3 unspecified atom stereocenters. The van der Waals surface area contributed by atoms with E-state index in [1.165, 1.54) is 0 Å². The minimum Gasteiger partial charge on any atom is -0.481 e. The number of aliphatic carboxylic acids is 1. The van der Waals surface area contributed by atoms with E-state index in [4.69, 9.17) is 5.11 Å². The second kappa shape index (κ2) is 3.41. The molecule has 0 spiro atoms. The highest BCUT2D eigenvalue weighted by atomic mass is 16.4. The van der Waals surface area contributed by atoms with Gasteiger partial charge in [-0.3, -0.25) is 4.79 Å². The molecule has 4 nitrogen and oxygen atoms in total. The van der Waals surface area contributed by atoms with E-state index in [0.29, 0.717) is 0 Å². The van der Waals surface area contributed by atoms with Gasteiger partial charge in [-0.05, 0) is 21.0 Å². The zero-order valence-corrected chi connectivity index (χ0v) is 7.74. The number of carbonyl (C=O) groups is 1. The number of nitrogens with zero attached hydrogens (tertiary/aromatic N) is 1. The molecule has 0 aliphatic carbocycles. The summed E-state index contributed by atoms with van der Waals surface area (Å²) in [5.41, 5.74) is 0. The smallest absolute Gasteiger partial charge is 0.309 e. The quantitative estimate of drug-likeness (QED) is 0.595. The summed E-state index contributed by atoms with van der Waals surface area (Å²) in [6, 6.07) is 0.211. The summed E-state index contributed by atoms with van der Waals surface area (Å²) < 4.78 is 0. The SMILES string of the molecule is CNC1CN(C)C(C)C1C(=O)O. The first-order chi connectivity index (χ1) is 5.57. The predicted molar refractivity (Wildman–Crippen MR) is 46.1 cm³/mol. The Labute approximate surface area is 72.6 Å². The van der Waals surface area contributed by atoms with Crippen LogP contribution in [0.1, 0.15) is 6.92 Å². The van der Waals surface area contributed by atoms with Gasteiger partial charge in [-0.1, -0.05) is 0 Å². The van der Waals surface area contributed by atoms with E-state index in [1.54, 1.807) is 0 Å². The lowest BCUT2D eigenvalue weighted by Gasteiger charge is -2.17. The van der Waals surface area contributed by atoms with Crippen molar-refractivity contribution >= 4 is 5.97 Å². The van der Waals surface area contributed by atoms with Gasteiger partial charge in [0.1, 0.15) is 0 Å². The van der Waals surface area contributed by atoms with Crippen LogP contribution >= 0.6 is 0 Å². The number of hydrogen-bond donors (Lipinski definition) is 2. The molecular formula is C8H16N2O2.